The van der Waals surface area contributed by atoms with Crippen molar-refractivity contribution in [1.82, 2.24) is 14.9 Å². The number of aromatic nitrogens is 2. The van der Waals surface area contributed by atoms with Gasteiger partial charge in [-0.1, -0.05) is 25.1 Å². The number of hydrogen-bond donors (Lipinski definition) is 2. The number of benzene rings is 3. The van der Waals surface area contributed by atoms with Crippen molar-refractivity contribution in [3.05, 3.63) is 82.9 Å². The van der Waals surface area contributed by atoms with Crippen LogP contribution >= 0.6 is 0 Å². The number of nitrogens with zero attached hydrogens (tertiary/aromatic N) is 2. The number of hydrogen-bond acceptors (Lipinski definition) is 7. The van der Waals surface area contributed by atoms with Crippen LogP contribution in [0, 0.1) is 5.82 Å². The van der Waals surface area contributed by atoms with Gasteiger partial charge >= 0.3 is 12.5 Å². The molecule has 0 saturated heterocycles. The summed E-state index contributed by atoms with van der Waals surface area (Å²) in [7, 11) is -3.72. The van der Waals surface area contributed by atoms with Gasteiger partial charge in [0, 0.05) is 16.7 Å². The molecule has 0 aliphatic carbocycles. The molecule has 1 aromatic heterocycles. The summed E-state index contributed by atoms with van der Waals surface area (Å²) in [5, 5.41) is 12.2. The first kappa shape index (κ1) is 30.2. The summed E-state index contributed by atoms with van der Waals surface area (Å²) in [4.78, 5) is 16.3. The fourth-order valence-electron chi connectivity index (χ4n) is 4.58. The van der Waals surface area contributed by atoms with Crippen LogP contribution in [0.15, 0.2) is 59.5 Å². The van der Waals surface area contributed by atoms with E-state index in [0.717, 1.165) is 28.8 Å². The minimum Gasteiger partial charge on any atom is -0.395 e. The molecule has 9 nitrogen and oxygen atoms in total. The zero-order valence-corrected chi connectivity index (χ0v) is 22.8. The Bertz CT molecular complexity index is 1840. The number of sulfone groups is 1. The van der Waals surface area contributed by atoms with E-state index < -0.39 is 64.8 Å². The molecule has 1 aliphatic rings. The third-order valence-electron chi connectivity index (χ3n) is 6.68. The number of amides is 1. The predicted molar refractivity (Wildman–Crippen MR) is 138 cm³/mol. The summed E-state index contributed by atoms with van der Waals surface area (Å²) in [6.45, 7) is 0.00649. The molecule has 1 atom stereocenters. The van der Waals surface area contributed by atoms with E-state index in [1.807, 2.05) is 0 Å². The number of alkyl halides is 5. The Kier molecular flexibility index (Phi) is 7.54. The van der Waals surface area contributed by atoms with Gasteiger partial charge in [-0.2, -0.15) is 13.2 Å². The number of fused-ring (bicyclic) bond motifs is 2. The van der Waals surface area contributed by atoms with Crippen LogP contribution < -0.4 is 14.8 Å². The number of halogens is 6. The Labute approximate surface area is 239 Å². The normalized spacial score (nSPS) is 15.1. The molecule has 5 rings (SSSR count). The first-order valence-corrected chi connectivity index (χ1v) is 14.2. The van der Waals surface area contributed by atoms with Crippen LogP contribution in [-0.2, 0) is 22.6 Å². The number of nitrogens with one attached hydrogen (secondary N) is 1. The van der Waals surface area contributed by atoms with Crippen molar-refractivity contribution >= 4 is 26.8 Å². The van der Waals surface area contributed by atoms with Crippen molar-refractivity contribution in [3.63, 3.8) is 0 Å². The summed E-state index contributed by atoms with van der Waals surface area (Å²) in [6.07, 6.45) is -8.97. The highest BCUT2D eigenvalue weighted by Gasteiger charge is 2.45. The molecule has 2 N–H and O–H groups in total. The highest BCUT2D eigenvalue weighted by atomic mass is 32.2. The Morgan fingerprint density at radius 2 is 1.86 bits per heavy atom. The van der Waals surface area contributed by atoms with Crippen molar-refractivity contribution in [2.75, 3.05) is 12.4 Å². The lowest BCUT2D eigenvalue weighted by Crippen LogP contribution is -2.31. The third kappa shape index (κ3) is 5.84. The number of rotatable bonds is 8. The molecule has 0 saturated carbocycles. The molecule has 16 heteroatoms. The van der Waals surface area contributed by atoms with Crippen LogP contribution in [0.5, 0.6) is 11.5 Å². The summed E-state index contributed by atoms with van der Waals surface area (Å²) in [6, 6.07) is 8.82. The monoisotopic (exact) mass is 629 g/mol. The zero-order valence-electron chi connectivity index (χ0n) is 22.0. The third-order valence-corrected chi connectivity index (χ3v) is 8.41. The van der Waals surface area contributed by atoms with E-state index in [9.17, 15) is 44.7 Å². The number of para-hydroxylation sites is 1. The van der Waals surface area contributed by atoms with Gasteiger partial charge in [-0.25, -0.2) is 17.8 Å². The highest BCUT2D eigenvalue weighted by Crippen LogP contribution is 2.44. The molecular weight excluding hydrogens is 608 g/mol. The van der Waals surface area contributed by atoms with Gasteiger partial charge in [0.05, 0.1) is 40.9 Å². The summed E-state index contributed by atoms with van der Waals surface area (Å²) in [5.74, 6) is -4.33. The molecule has 0 spiro atoms. The van der Waals surface area contributed by atoms with Crippen LogP contribution in [-0.4, -0.2) is 47.6 Å². The maximum absolute atomic E-state index is 14.8. The van der Waals surface area contributed by atoms with Gasteiger partial charge < -0.3 is 24.5 Å². The van der Waals surface area contributed by atoms with Crippen molar-refractivity contribution in [3.8, 4) is 11.5 Å². The SMILES string of the molecule is CCS(=O)(=O)c1ccc([C@H](CO)NC(=O)c2ccc3c(c2)nc(C(F)(F)F)n3Cc2cccc3c2OC(F)(F)O3)c(F)c1. The number of aliphatic hydroxyl groups is 1. The number of ether oxygens (including phenoxy) is 2. The molecule has 0 radical (unpaired) electrons. The van der Waals surface area contributed by atoms with E-state index in [2.05, 4.69) is 19.8 Å². The lowest BCUT2D eigenvalue weighted by molar-refractivity contribution is -0.287. The van der Waals surface area contributed by atoms with Crippen molar-refractivity contribution in [2.24, 2.45) is 0 Å². The summed E-state index contributed by atoms with van der Waals surface area (Å²) >= 11 is 0. The summed E-state index contributed by atoms with van der Waals surface area (Å²) < 4.78 is 118. The lowest BCUT2D eigenvalue weighted by atomic mass is 10.1. The molecular formula is C27H21F6N3O6S. The molecule has 43 heavy (non-hydrogen) atoms. The Balaban J connectivity index is 1.46. The number of imidazole rings is 1. The predicted octanol–water partition coefficient (Wildman–Crippen LogP) is 4.82. The van der Waals surface area contributed by atoms with Crippen molar-refractivity contribution in [1.29, 1.82) is 0 Å². The van der Waals surface area contributed by atoms with Crippen LogP contribution in [0.1, 0.15) is 40.3 Å². The van der Waals surface area contributed by atoms with Gasteiger partial charge in [-0.15, -0.1) is 8.78 Å². The topological polar surface area (TPSA) is 120 Å². The van der Waals surface area contributed by atoms with Crippen LogP contribution in [0.3, 0.4) is 0 Å². The average molecular weight is 630 g/mol. The molecule has 1 aliphatic heterocycles. The Morgan fingerprint density at radius 3 is 2.51 bits per heavy atom. The fourth-order valence-corrected chi connectivity index (χ4v) is 5.47. The highest BCUT2D eigenvalue weighted by molar-refractivity contribution is 7.91. The molecule has 2 heterocycles. The first-order valence-electron chi connectivity index (χ1n) is 12.5. The van der Waals surface area contributed by atoms with E-state index in [0.29, 0.717) is 0 Å². The molecule has 4 aromatic rings. The molecule has 228 valence electrons. The van der Waals surface area contributed by atoms with E-state index >= 15 is 0 Å². The molecule has 0 fully saturated rings. The van der Waals surface area contributed by atoms with Gasteiger partial charge in [0.2, 0.25) is 5.82 Å². The quantitative estimate of drug-likeness (QED) is 0.268. The van der Waals surface area contributed by atoms with Crippen LogP contribution in [0.25, 0.3) is 11.0 Å². The number of aliphatic hydroxyl groups excluding tert-OH is 1. The first-order chi connectivity index (χ1) is 20.1. The fraction of sp³-hybridized carbons (Fsp3) is 0.259. The summed E-state index contributed by atoms with van der Waals surface area (Å²) in [5.41, 5.74) is -0.818. The Hall–Kier alpha value is -4.31. The zero-order chi connectivity index (χ0) is 31.3. The van der Waals surface area contributed by atoms with E-state index in [1.54, 1.807) is 0 Å². The minimum absolute atomic E-state index is 0.0492. The lowest BCUT2D eigenvalue weighted by Gasteiger charge is -2.18. The van der Waals surface area contributed by atoms with E-state index in [-0.39, 0.29) is 44.1 Å². The second-order valence-electron chi connectivity index (χ2n) is 9.43. The van der Waals surface area contributed by atoms with Gasteiger partial charge in [-0.3, -0.25) is 4.79 Å². The number of carbonyl (C=O) groups is 1. The van der Waals surface area contributed by atoms with Gasteiger partial charge in [-0.05, 0) is 36.4 Å². The van der Waals surface area contributed by atoms with Gasteiger partial charge in [0.25, 0.3) is 5.91 Å². The largest absolute Gasteiger partial charge is 0.586 e. The standard InChI is InChI=1S/C27H21F6N3O6S/c1-2-43(39,40)16-7-8-17(18(28)11-16)20(13-37)34-24(38)14-6-9-21-19(10-14)35-25(26(29,30)31)36(21)12-15-4-3-5-22-23(15)42-27(32,33)41-22/h3-11,20,37H,2,12-13H2,1H3,(H,34,38)/t20-/m0/s1. The van der Waals surface area contributed by atoms with Crippen LogP contribution in [0.2, 0.25) is 0 Å². The van der Waals surface area contributed by atoms with Gasteiger partial charge in [0.1, 0.15) is 5.82 Å². The molecule has 1 amide bonds. The number of carbonyl (C=O) groups excluding carboxylic acids is 1. The Morgan fingerprint density at radius 1 is 1.12 bits per heavy atom. The minimum atomic E-state index is -4.97. The van der Waals surface area contributed by atoms with Crippen molar-refractivity contribution in [2.45, 2.75) is 36.9 Å². The van der Waals surface area contributed by atoms with E-state index in [1.165, 1.54) is 37.3 Å². The van der Waals surface area contributed by atoms with E-state index in [4.69, 9.17) is 0 Å². The molecule has 0 unspecified atom stereocenters. The van der Waals surface area contributed by atoms with Crippen LogP contribution in [0.4, 0.5) is 26.3 Å². The van der Waals surface area contributed by atoms with Crippen molar-refractivity contribution < 1.29 is 54.1 Å². The van der Waals surface area contributed by atoms with Gasteiger partial charge in [0.15, 0.2) is 21.3 Å². The second kappa shape index (κ2) is 10.8. The maximum Gasteiger partial charge on any atom is 0.586 e. The molecule has 0 bridgehead atoms. The maximum atomic E-state index is 14.8. The smallest absolute Gasteiger partial charge is 0.395 e. The second-order valence-corrected chi connectivity index (χ2v) is 11.7. The molecule has 3 aromatic carbocycles. The average Bonchev–Trinajstić information content (AvgIpc) is 3.47.